The molecule has 130 valence electrons. The normalized spacial score (nSPS) is 13.7. The number of aliphatic imine (C=N–C) groups is 1. The first-order chi connectivity index (χ1) is 12.8. The number of thiophene rings is 1. The molecule has 1 aliphatic rings. The van der Waals surface area contributed by atoms with Crippen LogP contribution in [0.5, 0.6) is 11.5 Å². The minimum atomic E-state index is 0.771. The molecular formula is C22H19NO2S. The minimum Gasteiger partial charge on any atom is -0.497 e. The molecule has 2 aromatic carbocycles. The summed E-state index contributed by atoms with van der Waals surface area (Å²) in [5, 5.41) is 2.09. The van der Waals surface area contributed by atoms with Crippen molar-refractivity contribution in [1.82, 2.24) is 0 Å². The van der Waals surface area contributed by atoms with Crippen molar-refractivity contribution in [3.63, 3.8) is 0 Å². The summed E-state index contributed by atoms with van der Waals surface area (Å²) in [5.74, 6) is 1.54. The number of methoxy groups -OCH3 is 2. The van der Waals surface area contributed by atoms with Gasteiger partial charge in [0.1, 0.15) is 11.5 Å². The molecule has 0 fully saturated rings. The molecular weight excluding hydrogens is 342 g/mol. The Labute approximate surface area is 157 Å². The first-order valence-electron chi connectivity index (χ1n) is 8.42. The highest BCUT2D eigenvalue weighted by Crippen LogP contribution is 2.39. The lowest BCUT2D eigenvalue weighted by Crippen LogP contribution is -2.00. The molecule has 0 aliphatic carbocycles. The molecule has 0 saturated heterocycles. The van der Waals surface area contributed by atoms with Crippen LogP contribution in [0.1, 0.15) is 22.4 Å². The molecule has 0 atom stereocenters. The zero-order valence-electron chi connectivity index (χ0n) is 14.7. The fourth-order valence-corrected chi connectivity index (χ4v) is 3.87. The van der Waals surface area contributed by atoms with Crippen molar-refractivity contribution < 1.29 is 9.47 Å². The second kappa shape index (κ2) is 7.18. The van der Waals surface area contributed by atoms with E-state index in [4.69, 9.17) is 14.5 Å². The molecule has 3 nitrogen and oxygen atoms in total. The lowest BCUT2D eigenvalue weighted by Gasteiger charge is -2.09. The van der Waals surface area contributed by atoms with Crippen LogP contribution < -0.4 is 9.47 Å². The van der Waals surface area contributed by atoms with Gasteiger partial charge in [-0.05, 0) is 34.7 Å². The van der Waals surface area contributed by atoms with Crippen LogP contribution in [0.25, 0.3) is 11.3 Å². The van der Waals surface area contributed by atoms with Gasteiger partial charge in [0.05, 0.1) is 30.5 Å². The van der Waals surface area contributed by atoms with Crippen LogP contribution in [0.3, 0.4) is 0 Å². The summed E-state index contributed by atoms with van der Waals surface area (Å²) < 4.78 is 10.8. The Bertz CT molecular complexity index is 950. The molecule has 1 aliphatic heterocycles. The molecule has 3 aromatic rings. The highest BCUT2D eigenvalue weighted by atomic mass is 32.1. The van der Waals surface area contributed by atoms with Gasteiger partial charge in [-0.2, -0.15) is 0 Å². The van der Waals surface area contributed by atoms with E-state index in [1.807, 2.05) is 24.3 Å². The van der Waals surface area contributed by atoms with Gasteiger partial charge in [-0.3, -0.25) is 4.99 Å². The highest BCUT2D eigenvalue weighted by molar-refractivity contribution is 7.11. The van der Waals surface area contributed by atoms with Crippen molar-refractivity contribution in [3.05, 3.63) is 82.0 Å². The second-order valence-electron chi connectivity index (χ2n) is 6.01. The average molecular weight is 361 g/mol. The van der Waals surface area contributed by atoms with Gasteiger partial charge in [0.2, 0.25) is 0 Å². The second-order valence-corrected chi connectivity index (χ2v) is 6.95. The van der Waals surface area contributed by atoms with Crippen LogP contribution in [0.4, 0.5) is 0 Å². The van der Waals surface area contributed by atoms with E-state index < -0.39 is 0 Å². The molecule has 4 rings (SSSR count). The van der Waals surface area contributed by atoms with Gasteiger partial charge < -0.3 is 9.47 Å². The van der Waals surface area contributed by atoms with Crippen molar-refractivity contribution in [2.24, 2.45) is 4.99 Å². The Balaban J connectivity index is 1.79. The predicted octanol–water partition coefficient (Wildman–Crippen LogP) is 5.53. The third-order valence-electron chi connectivity index (χ3n) is 4.44. The summed E-state index contributed by atoms with van der Waals surface area (Å²) in [6, 6.07) is 20.6. The Morgan fingerprint density at radius 2 is 1.58 bits per heavy atom. The number of hydrogen-bond donors (Lipinski definition) is 0. The molecule has 0 unspecified atom stereocenters. The van der Waals surface area contributed by atoms with Crippen LogP contribution in [0, 0.1) is 0 Å². The van der Waals surface area contributed by atoms with Gasteiger partial charge in [-0.15, -0.1) is 11.3 Å². The summed E-state index contributed by atoms with van der Waals surface area (Å²) in [6.07, 6.45) is 0.785. The van der Waals surface area contributed by atoms with Crippen LogP contribution >= 0.6 is 11.3 Å². The molecule has 0 bridgehead atoms. The maximum Gasteiger partial charge on any atom is 0.123 e. The molecule has 26 heavy (non-hydrogen) atoms. The fourth-order valence-electron chi connectivity index (χ4n) is 3.13. The summed E-state index contributed by atoms with van der Waals surface area (Å²) in [6.45, 7) is 0. The van der Waals surface area contributed by atoms with E-state index in [9.17, 15) is 0 Å². The molecule has 0 spiro atoms. The number of hydrogen-bond acceptors (Lipinski definition) is 4. The van der Waals surface area contributed by atoms with E-state index in [0.29, 0.717) is 0 Å². The molecule has 2 heterocycles. The number of ether oxygens (including phenoxy) is 2. The van der Waals surface area contributed by atoms with E-state index >= 15 is 0 Å². The van der Waals surface area contributed by atoms with Crippen LogP contribution in [-0.4, -0.2) is 19.9 Å². The summed E-state index contributed by atoms with van der Waals surface area (Å²) in [4.78, 5) is 6.19. The zero-order valence-corrected chi connectivity index (χ0v) is 15.5. The molecule has 4 heteroatoms. The summed E-state index contributed by atoms with van der Waals surface area (Å²) in [7, 11) is 3.33. The van der Waals surface area contributed by atoms with E-state index in [1.165, 1.54) is 16.0 Å². The van der Waals surface area contributed by atoms with Gasteiger partial charge in [0, 0.05) is 18.1 Å². The Hall–Kier alpha value is -2.85. The van der Waals surface area contributed by atoms with Gasteiger partial charge in [-0.1, -0.05) is 36.4 Å². The average Bonchev–Trinajstić information content (AvgIpc) is 3.37. The van der Waals surface area contributed by atoms with E-state index in [-0.39, 0.29) is 0 Å². The smallest absolute Gasteiger partial charge is 0.123 e. The highest BCUT2D eigenvalue weighted by Gasteiger charge is 2.23. The van der Waals surface area contributed by atoms with E-state index in [1.54, 1.807) is 25.6 Å². The van der Waals surface area contributed by atoms with Crippen molar-refractivity contribution in [1.29, 1.82) is 0 Å². The quantitative estimate of drug-likeness (QED) is 0.598. The van der Waals surface area contributed by atoms with Crippen LogP contribution in [0.2, 0.25) is 0 Å². The lowest BCUT2D eigenvalue weighted by atomic mass is 9.97. The van der Waals surface area contributed by atoms with Crippen molar-refractivity contribution >= 4 is 28.3 Å². The van der Waals surface area contributed by atoms with Gasteiger partial charge in [0.25, 0.3) is 0 Å². The molecule has 1 aromatic heterocycles. The van der Waals surface area contributed by atoms with E-state index in [2.05, 4.69) is 41.8 Å². The number of allylic oxidation sites excluding steroid dienone is 1. The molecule has 0 saturated carbocycles. The standard InChI is InChI=1S/C22H19NO2S/c1-24-17-11-16(12-18(13-17)25-2)20-14-19(15-7-4-3-5-8-15)22(23-20)21-9-6-10-26-21/h3-13H,14H2,1-2H3. The zero-order chi connectivity index (χ0) is 17.9. The third kappa shape index (κ3) is 3.16. The van der Waals surface area contributed by atoms with Gasteiger partial charge in [0.15, 0.2) is 0 Å². The number of nitrogens with zero attached hydrogens (tertiary/aromatic N) is 1. The maximum absolute atomic E-state index is 5.42. The summed E-state index contributed by atoms with van der Waals surface area (Å²) >= 11 is 1.72. The van der Waals surface area contributed by atoms with Gasteiger partial charge >= 0.3 is 0 Å². The Kier molecular flexibility index (Phi) is 4.59. The lowest BCUT2D eigenvalue weighted by molar-refractivity contribution is 0.394. The SMILES string of the molecule is COc1cc(OC)cc(C2=NC(c3cccs3)=C(c3ccccc3)C2)c1. The number of rotatable bonds is 5. The van der Waals surface area contributed by atoms with Gasteiger partial charge in [-0.25, -0.2) is 0 Å². The van der Waals surface area contributed by atoms with Crippen LogP contribution in [0.15, 0.2) is 71.0 Å². The molecule has 0 N–H and O–H groups in total. The monoisotopic (exact) mass is 361 g/mol. The van der Waals surface area contributed by atoms with E-state index in [0.717, 1.165) is 34.9 Å². The largest absolute Gasteiger partial charge is 0.497 e. The van der Waals surface area contributed by atoms with Crippen molar-refractivity contribution in [2.75, 3.05) is 14.2 Å². The third-order valence-corrected chi connectivity index (χ3v) is 5.31. The summed E-state index contributed by atoms with van der Waals surface area (Å²) in [5.41, 5.74) is 5.59. The van der Waals surface area contributed by atoms with Crippen LogP contribution in [-0.2, 0) is 0 Å². The molecule has 0 radical (unpaired) electrons. The topological polar surface area (TPSA) is 30.8 Å². The van der Waals surface area contributed by atoms with Crippen molar-refractivity contribution in [3.8, 4) is 11.5 Å². The first-order valence-corrected chi connectivity index (χ1v) is 9.30. The molecule has 0 amide bonds. The first kappa shape index (κ1) is 16.6. The maximum atomic E-state index is 5.42. The minimum absolute atomic E-state index is 0.771. The fraction of sp³-hybridized carbons (Fsp3) is 0.136. The predicted molar refractivity (Wildman–Crippen MR) is 108 cm³/mol. The Morgan fingerprint density at radius 3 is 2.19 bits per heavy atom. The number of benzene rings is 2. The van der Waals surface area contributed by atoms with Crippen molar-refractivity contribution in [2.45, 2.75) is 6.42 Å². The Morgan fingerprint density at radius 1 is 0.846 bits per heavy atom.